The lowest BCUT2D eigenvalue weighted by Crippen LogP contribution is -2.48. The fraction of sp³-hybridized carbons (Fsp3) is 0.591. The van der Waals surface area contributed by atoms with E-state index in [0.29, 0.717) is 47.7 Å². The van der Waals surface area contributed by atoms with Crippen LogP contribution in [-0.2, 0) is 14.3 Å². The predicted octanol–water partition coefficient (Wildman–Crippen LogP) is 1.90. The van der Waals surface area contributed by atoms with E-state index < -0.39 is 17.4 Å². The average Bonchev–Trinajstić information content (AvgIpc) is 3.42. The highest BCUT2D eigenvalue weighted by Crippen LogP contribution is 2.27. The first-order chi connectivity index (χ1) is 16.1. The van der Waals surface area contributed by atoms with Gasteiger partial charge in [0.1, 0.15) is 16.6 Å². The summed E-state index contributed by atoms with van der Waals surface area (Å²) in [4.78, 5) is 40.9. The van der Waals surface area contributed by atoms with Crippen LogP contribution in [0.4, 0.5) is 10.5 Å². The number of carbonyl (C=O) groups excluding carboxylic acids is 3. The van der Waals surface area contributed by atoms with Crippen LogP contribution in [0.5, 0.6) is 0 Å². The topological polar surface area (TPSA) is 147 Å². The van der Waals surface area contributed by atoms with Gasteiger partial charge in [0, 0.05) is 37.8 Å². The van der Waals surface area contributed by atoms with Gasteiger partial charge in [-0.2, -0.15) is 15.4 Å². The molecule has 2 fully saturated rings. The smallest absolute Gasteiger partial charge is 0.410 e. The zero-order valence-corrected chi connectivity index (χ0v) is 19.6. The van der Waals surface area contributed by atoms with Crippen molar-refractivity contribution in [1.82, 2.24) is 30.3 Å². The summed E-state index contributed by atoms with van der Waals surface area (Å²) in [5.41, 5.74) is 1.41. The number of piperidine rings is 1. The van der Waals surface area contributed by atoms with Crippen molar-refractivity contribution in [2.45, 2.75) is 51.7 Å². The summed E-state index contributed by atoms with van der Waals surface area (Å²) in [6, 6.07) is 5.16. The summed E-state index contributed by atoms with van der Waals surface area (Å²) in [6.07, 6.45) is 0.885. The Bertz CT molecular complexity index is 1060. The van der Waals surface area contributed by atoms with E-state index in [1.807, 2.05) is 20.8 Å². The lowest BCUT2D eigenvalue weighted by atomic mass is 10.0. The normalized spacial score (nSPS) is 19.5. The molecule has 12 heteroatoms. The first-order valence-corrected chi connectivity index (χ1v) is 11.4. The molecule has 2 saturated heterocycles. The Balaban J connectivity index is 1.26. The Kier molecular flexibility index (Phi) is 6.60. The number of likely N-dealkylation sites (tertiary alicyclic amines) is 2. The molecule has 34 heavy (non-hydrogen) atoms. The number of hydroxylamine groups is 2. The van der Waals surface area contributed by atoms with Crippen molar-refractivity contribution in [2.24, 2.45) is 5.92 Å². The number of rotatable bonds is 5. The molecule has 1 atom stereocenters. The minimum Gasteiger partial charge on any atom is -0.755 e. The monoisotopic (exact) mass is 472 g/mol. The average molecular weight is 473 g/mol. The van der Waals surface area contributed by atoms with Crippen LogP contribution in [0.3, 0.4) is 0 Å². The van der Waals surface area contributed by atoms with E-state index in [2.05, 4.69) is 20.7 Å². The van der Waals surface area contributed by atoms with E-state index in [1.165, 1.54) is 0 Å². The molecule has 184 valence electrons. The van der Waals surface area contributed by atoms with Gasteiger partial charge in [-0.1, -0.05) is 0 Å². The van der Waals surface area contributed by atoms with Crippen molar-refractivity contribution >= 4 is 34.6 Å². The number of aromatic nitrogens is 3. The molecule has 2 aromatic rings. The molecule has 1 aromatic carbocycles. The molecule has 2 aliphatic heterocycles. The predicted molar refractivity (Wildman–Crippen MR) is 123 cm³/mol. The molecule has 1 aromatic heterocycles. The highest BCUT2D eigenvalue weighted by atomic mass is 16.6. The van der Waals surface area contributed by atoms with Crippen molar-refractivity contribution in [2.75, 3.05) is 31.6 Å². The summed E-state index contributed by atoms with van der Waals surface area (Å²) < 4.78 is 5.41. The van der Waals surface area contributed by atoms with E-state index in [4.69, 9.17) is 4.74 Å². The number of nitrogens with one attached hydrogen (secondary N) is 2. The van der Waals surface area contributed by atoms with E-state index in [-0.39, 0.29) is 37.7 Å². The van der Waals surface area contributed by atoms with Crippen molar-refractivity contribution in [3.8, 4) is 0 Å². The first-order valence-electron chi connectivity index (χ1n) is 11.4. The first kappa shape index (κ1) is 23.7. The van der Waals surface area contributed by atoms with Crippen LogP contribution in [0.2, 0.25) is 0 Å². The molecule has 4 rings (SSSR count). The second-order valence-electron chi connectivity index (χ2n) is 9.72. The standard InChI is InChI=1S/C22H30N7O5/c1-22(2,3)34-21(32)27-8-6-16(7-9-27)28-12-14(10-19(28)30)20(31)29(33)13-23-15-4-5-17-18(11-15)25-26-24-17/h4-5,11,14,16,23H,6-10,12-13H2,1-3H3,(H,24,25,26)/q-1. The van der Waals surface area contributed by atoms with Gasteiger partial charge in [0.15, 0.2) is 0 Å². The Hall–Kier alpha value is -3.41. The van der Waals surface area contributed by atoms with Crippen LogP contribution in [0.15, 0.2) is 18.2 Å². The Labute approximate surface area is 197 Å². The number of anilines is 1. The number of aromatic amines is 1. The Morgan fingerprint density at radius 2 is 1.94 bits per heavy atom. The molecule has 0 bridgehead atoms. The number of benzene rings is 1. The van der Waals surface area contributed by atoms with Gasteiger partial charge < -0.3 is 30.1 Å². The Morgan fingerprint density at radius 1 is 1.24 bits per heavy atom. The molecule has 0 saturated carbocycles. The van der Waals surface area contributed by atoms with Crippen LogP contribution in [-0.4, -0.2) is 86.1 Å². The fourth-order valence-electron chi connectivity index (χ4n) is 4.33. The summed E-state index contributed by atoms with van der Waals surface area (Å²) in [6.45, 7) is 6.41. The van der Waals surface area contributed by atoms with E-state index >= 15 is 0 Å². The second-order valence-corrected chi connectivity index (χ2v) is 9.72. The number of amides is 3. The van der Waals surface area contributed by atoms with Gasteiger partial charge in [0.25, 0.3) is 0 Å². The van der Waals surface area contributed by atoms with Gasteiger partial charge in [-0.3, -0.25) is 9.59 Å². The van der Waals surface area contributed by atoms with Gasteiger partial charge in [-0.25, -0.2) is 4.79 Å². The van der Waals surface area contributed by atoms with E-state index in [9.17, 15) is 19.6 Å². The number of hydrogen-bond donors (Lipinski definition) is 2. The number of hydrogen-bond acceptors (Lipinski definition) is 8. The van der Waals surface area contributed by atoms with E-state index in [1.54, 1.807) is 28.0 Å². The van der Waals surface area contributed by atoms with Crippen LogP contribution in [0.25, 0.3) is 11.0 Å². The number of nitrogens with zero attached hydrogens (tertiary/aromatic N) is 5. The Morgan fingerprint density at radius 3 is 2.65 bits per heavy atom. The summed E-state index contributed by atoms with van der Waals surface area (Å²) in [7, 11) is 0. The molecule has 2 N–H and O–H groups in total. The molecule has 2 aliphatic rings. The maximum atomic E-state index is 12.7. The molecular formula is C22H30N7O5-. The van der Waals surface area contributed by atoms with Crippen LogP contribution in [0, 0.1) is 11.1 Å². The zero-order valence-electron chi connectivity index (χ0n) is 19.6. The second kappa shape index (κ2) is 9.45. The highest BCUT2D eigenvalue weighted by molar-refractivity contribution is 5.89. The third-order valence-electron chi connectivity index (χ3n) is 6.05. The van der Waals surface area contributed by atoms with Crippen molar-refractivity contribution in [1.29, 1.82) is 0 Å². The third-order valence-corrected chi connectivity index (χ3v) is 6.05. The van der Waals surface area contributed by atoms with Gasteiger partial charge in [0.2, 0.25) is 11.8 Å². The number of carbonyl (C=O) groups is 3. The summed E-state index contributed by atoms with van der Waals surface area (Å²) in [5.74, 6) is -1.42. The fourth-order valence-corrected chi connectivity index (χ4v) is 4.33. The van der Waals surface area contributed by atoms with Gasteiger partial charge in [-0.15, -0.1) is 0 Å². The minimum absolute atomic E-state index is 0.0226. The lowest BCUT2D eigenvalue weighted by molar-refractivity contribution is -0.133. The quantitative estimate of drug-likeness (QED) is 0.495. The molecule has 3 heterocycles. The van der Waals surface area contributed by atoms with Crippen LogP contribution in [0.1, 0.15) is 40.0 Å². The molecule has 1 unspecified atom stereocenters. The van der Waals surface area contributed by atoms with E-state index in [0.717, 1.165) is 0 Å². The lowest BCUT2D eigenvalue weighted by Gasteiger charge is -2.37. The number of fused-ring (bicyclic) bond motifs is 1. The van der Waals surface area contributed by atoms with Crippen molar-refractivity contribution in [3.05, 3.63) is 23.4 Å². The molecule has 0 spiro atoms. The highest BCUT2D eigenvalue weighted by Gasteiger charge is 2.40. The molecule has 0 aliphatic carbocycles. The molecule has 0 radical (unpaired) electrons. The summed E-state index contributed by atoms with van der Waals surface area (Å²) >= 11 is 0. The molecule has 3 amide bonds. The van der Waals surface area contributed by atoms with Crippen molar-refractivity contribution < 1.29 is 19.1 Å². The zero-order chi connectivity index (χ0) is 24.5. The SMILES string of the molecule is CC(C)(C)OC(=O)N1CCC(N2CC(C(=O)N([O-])CNc3ccc4n[nH]nc4c3)CC2=O)CC1. The maximum absolute atomic E-state index is 12.7. The molecular weight excluding hydrogens is 442 g/mol. The maximum Gasteiger partial charge on any atom is 0.410 e. The van der Waals surface area contributed by atoms with Gasteiger partial charge in [-0.05, 0) is 51.8 Å². The minimum atomic E-state index is -0.672. The van der Waals surface area contributed by atoms with Gasteiger partial charge in [0.05, 0.1) is 12.6 Å². The number of H-pyrrole nitrogens is 1. The number of ether oxygens (including phenoxy) is 1. The third kappa shape index (κ3) is 5.38. The molecule has 12 nitrogen and oxygen atoms in total. The van der Waals surface area contributed by atoms with Crippen LogP contribution < -0.4 is 5.32 Å². The van der Waals surface area contributed by atoms with Crippen molar-refractivity contribution in [3.63, 3.8) is 0 Å². The van der Waals surface area contributed by atoms with Crippen LogP contribution >= 0.6 is 0 Å². The van der Waals surface area contributed by atoms with Gasteiger partial charge >= 0.3 is 6.09 Å². The largest absolute Gasteiger partial charge is 0.755 e. The summed E-state index contributed by atoms with van der Waals surface area (Å²) in [5, 5.41) is 26.2.